The van der Waals surface area contributed by atoms with Gasteiger partial charge in [0.05, 0.1) is 29.2 Å². The Morgan fingerprint density at radius 1 is 1.18 bits per heavy atom. The summed E-state index contributed by atoms with van der Waals surface area (Å²) in [6.07, 6.45) is 4.52. The van der Waals surface area contributed by atoms with E-state index >= 15 is 0 Å². The molecular weight excluding hydrogens is 304 g/mol. The van der Waals surface area contributed by atoms with Crippen molar-refractivity contribution in [3.8, 4) is 0 Å². The van der Waals surface area contributed by atoms with Crippen LogP contribution in [0.1, 0.15) is 17.3 Å². The normalized spacial score (nSPS) is 11.5. The summed E-state index contributed by atoms with van der Waals surface area (Å²) in [6.45, 7) is 1.42. The first-order valence-electron chi connectivity index (χ1n) is 6.39. The number of hydrogen-bond donors (Lipinski definition) is 1. The maximum absolute atomic E-state index is 12.3. The molecule has 0 saturated heterocycles. The van der Waals surface area contributed by atoms with Gasteiger partial charge in [-0.3, -0.25) is 9.52 Å². The van der Waals surface area contributed by atoms with Gasteiger partial charge in [0.1, 0.15) is 0 Å². The predicted octanol–water partition coefficient (Wildman–Crippen LogP) is 1.73. The van der Waals surface area contributed by atoms with Crippen LogP contribution >= 0.6 is 0 Å². The van der Waals surface area contributed by atoms with Crippen LogP contribution in [0, 0.1) is 0 Å². The Bertz CT molecular complexity index is 946. The van der Waals surface area contributed by atoms with E-state index in [9.17, 15) is 13.2 Å². The molecule has 1 aromatic carbocycles. The second-order valence-electron chi connectivity index (χ2n) is 4.66. The molecule has 0 radical (unpaired) electrons. The van der Waals surface area contributed by atoms with Crippen molar-refractivity contribution < 1.29 is 13.2 Å². The van der Waals surface area contributed by atoms with Crippen molar-refractivity contribution in [2.45, 2.75) is 11.8 Å². The number of nitrogens with zero attached hydrogens (tertiary/aromatic N) is 3. The average Bonchev–Trinajstić information content (AvgIpc) is 2.94. The molecule has 2 heterocycles. The van der Waals surface area contributed by atoms with E-state index in [-0.39, 0.29) is 10.7 Å². The fraction of sp³-hybridized carbons (Fsp3) is 0.0714. The van der Waals surface area contributed by atoms with Gasteiger partial charge in [-0.15, -0.1) is 0 Å². The molecule has 112 valence electrons. The summed E-state index contributed by atoms with van der Waals surface area (Å²) in [6, 6.07) is 7.44. The number of fused-ring (bicyclic) bond motifs is 1. The molecule has 22 heavy (non-hydrogen) atoms. The van der Waals surface area contributed by atoms with Crippen LogP contribution in [0.25, 0.3) is 5.65 Å². The number of anilines is 1. The van der Waals surface area contributed by atoms with E-state index in [4.69, 9.17) is 0 Å². The van der Waals surface area contributed by atoms with Crippen molar-refractivity contribution in [3.63, 3.8) is 0 Å². The topological polar surface area (TPSA) is 93.4 Å². The zero-order valence-corrected chi connectivity index (χ0v) is 12.4. The molecule has 1 N–H and O–H groups in total. The fourth-order valence-corrected chi connectivity index (χ4v) is 2.97. The number of sulfonamides is 1. The highest BCUT2D eigenvalue weighted by Gasteiger charge is 2.15. The largest absolute Gasteiger partial charge is 0.295 e. The second kappa shape index (κ2) is 5.23. The molecule has 2 aromatic heterocycles. The molecule has 3 rings (SSSR count). The molecule has 0 atom stereocenters. The molecule has 0 saturated carbocycles. The van der Waals surface area contributed by atoms with Gasteiger partial charge >= 0.3 is 0 Å². The third kappa shape index (κ3) is 2.68. The van der Waals surface area contributed by atoms with E-state index in [1.54, 1.807) is 12.3 Å². The third-order valence-electron chi connectivity index (χ3n) is 3.07. The Morgan fingerprint density at radius 3 is 2.59 bits per heavy atom. The SMILES string of the molecule is CC(=O)c1ccc(S(=O)(=O)Nc2cnc3ccnn3c2)cc1. The molecule has 0 spiro atoms. The minimum Gasteiger partial charge on any atom is -0.295 e. The quantitative estimate of drug-likeness (QED) is 0.740. The van der Waals surface area contributed by atoms with Crippen molar-refractivity contribution in [2.75, 3.05) is 4.72 Å². The summed E-state index contributed by atoms with van der Waals surface area (Å²) < 4.78 is 28.5. The van der Waals surface area contributed by atoms with Crippen LogP contribution in [0.15, 0.2) is 53.8 Å². The molecule has 3 aromatic rings. The smallest absolute Gasteiger partial charge is 0.261 e. The lowest BCUT2D eigenvalue weighted by molar-refractivity contribution is 0.101. The summed E-state index contributed by atoms with van der Waals surface area (Å²) >= 11 is 0. The van der Waals surface area contributed by atoms with E-state index in [0.29, 0.717) is 16.9 Å². The number of ketones is 1. The predicted molar refractivity (Wildman–Crippen MR) is 80.2 cm³/mol. The van der Waals surface area contributed by atoms with E-state index in [1.165, 1.54) is 48.1 Å². The monoisotopic (exact) mass is 316 g/mol. The molecule has 0 aliphatic carbocycles. The van der Waals surface area contributed by atoms with Crippen LogP contribution in [0.2, 0.25) is 0 Å². The van der Waals surface area contributed by atoms with Gasteiger partial charge in [-0.25, -0.2) is 17.9 Å². The van der Waals surface area contributed by atoms with Crippen molar-refractivity contribution in [3.05, 3.63) is 54.5 Å². The van der Waals surface area contributed by atoms with E-state index in [2.05, 4.69) is 14.8 Å². The second-order valence-corrected chi connectivity index (χ2v) is 6.35. The maximum Gasteiger partial charge on any atom is 0.261 e. The van der Waals surface area contributed by atoms with E-state index < -0.39 is 10.0 Å². The number of hydrogen-bond acceptors (Lipinski definition) is 5. The first-order valence-corrected chi connectivity index (χ1v) is 7.87. The van der Waals surface area contributed by atoms with Crippen molar-refractivity contribution in [1.82, 2.24) is 14.6 Å². The standard InChI is InChI=1S/C14H12N4O3S/c1-10(19)11-2-4-13(5-3-11)22(20,21)17-12-8-15-14-6-7-16-18(14)9-12/h2-9,17H,1H3. The Balaban J connectivity index is 1.90. The Kier molecular flexibility index (Phi) is 3.38. The van der Waals surface area contributed by atoms with Crippen molar-refractivity contribution >= 4 is 27.1 Å². The molecule has 0 bridgehead atoms. The lowest BCUT2D eigenvalue weighted by atomic mass is 10.2. The Morgan fingerprint density at radius 2 is 1.91 bits per heavy atom. The van der Waals surface area contributed by atoms with E-state index in [1.807, 2.05) is 0 Å². The van der Waals surface area contributed by atoms with Gasteiger partial charge in [0.25, 0.3) is 10.0 Å². The summed E-state index contributed by atoms with van der Waals surface area (Å²) in [5.41, 5.74) is 1.37. The summed E-state index contributed by atoms with van der Waals surface area (Å²) in [7, 11) is -3.75. The average molecular weight is 316 g/mol. The van der Waals surface area contributed by atoms with Gasteiger partial charge < -0.3 is 0 Å². The van der Waals surface area contributed by atoms with Crippen LogP contribution in [0.3, 0.4) is 0 Å². The molecule has 0 aliphatic heterocycles. The molecule has 7 nitrogen and oxygen atoms in total. The van der Waals surface area contributed by atoms with Crippen LogP contribution in [-0.2, 0) is 10.0 Å². The van der Waals surface area contributed by atoms with Gasteiger partial charge in [0, 0.05) is 11.6 Å². The maximum atomic E-state index is 12.3. The molecule has 0 amide bonds. The Labute approximate surface area is 126 Å². The van der Waals surface area contributed by atoms with Gasteiger partial charge in [-0.1, -0.05) is 12.1 Å². The highest BCUT2D eigenvalue weighted by molar-refractivity contribution is 7.92. The highest BCUT2D eigenvalue weighted by atomic mass is 32.2. The molecule has 0 aliphatic rings. The molecule has 0 unspecified atom stereocenters. The van der Waals surface area contributed by atoms with Crippen LogP contribution in [0.5, 0.6) is 0 Å². The number of aromatic nitrogens is 3. The van der Waals surface area contributed by atoms with Crippen LogP contribution in [-0.4, -0.2) is 28.8 Å². The highest BCUT2D eigenvalue weighted by Crippen LogP contribution is 2.16. The minimum atomic E-state index is -3.75. The third-order valence-corrected chi connectivity index (χ3v) is 4.47. The summed E-state index contributed by atoms with van der Waals surface area (Å²) in [5.74, 6) is -0.120. The Hall–Kier alpha value is -2.74. The van der Waals surface area contributed by atoms with Crippen LogP contribution < -0.4 is 4.72 Å². The number of benzene rings is 1. The zero-order chi connectivity index (χ0) is 15.7. The fourth-order valence-electron chi connectivity index (χ4n) is 1.95. The van der Waals surface area contributed by atoms with E-state index in [0.717, 1.165) is 0 Å². The molecular formula is C14H12N4O3S. The molecule has 0 fully saturated rings. The lowest BCUT2D eigenvalue weighted by Gasteiger charge is -2.08. The van der Waals surface area contributed by atoms with Crippen molar-refractivity contribution in [1.29, 1.82) is 0 Å². The number of carbonyl (C=O) groups excluding carboxylic acids is 1. The number of Topliss-reactive ketones (excluding diaryl/α,β-unsaturated/α-hetero) is 1. The number of carbonyl (C=O) groups is 1. The number of rotatable bonds is 4. The molecule has 8 heteroatoms. The van der Waals surface area contributed by atoms with Gasteiger partial charge in [0.2, 0.25) is 0 Å². The van der Waals surface area contributed by atoms with Crippen molar-refractivity contribution in [2.24, 2.45) is 0 Å². The summed E-state index contributed by atoms with van der Waals surface area (Å²) in [4.78, 5) is 15.4. The minimum absolute atomic E-state index is 0.0677. The van der Waals surface area contributed by atoms with Gasteiger partial charge in [-0.2, -0.15) is 5.10 Å². The zero-order valence-electron chi connectivity index (χ0n) is 11.6. The summed E-state index contributed by atoms with van der Waals surface area (Å²) in [5, 5.41) is 3.99. The first-order chi connectivity index (χ1) is 10.5. The lowest BCUT2D eigenvalue weighted by Crippen LogP contribution is -2.14. The first kappa shape index (κ1) is 14.2. The van der Waals surface area contributed by atoms with Gasteiger partial charge in [-0.05, 0) is 19.1 Å². The van der Waals surface area contributed by atoms with Gasteiger partial charge in [0.15, 0.2) is 11.4 Å². The van der Waals surface area contributed by atoms with Crippen LogP contribution in [0.4, 0.5) is 5.69 Å². The number of nitrogens with one attached hydrogen (secondary N) is 1.